The molecule has 1 heterocycles. The molecule has 0 bridgehead atoms. The molecule has 1 N–H and O–H groups in total. The first-order valence-corrected chi connectivity index (χ1v) is 7.94. The lowest BCUT2D eigenvalue weighted by Crippen LogP contribution is -2.26. The summed E-state index contributed by atoms with van der Waals surface area (Å²) in [4.78, 5) is 8.96. The van der Waals surface area contributed by atoms with Crippen LogP contribution in [-0.2, 0) is 0 Å². The molecule has 110 valence electrons. The highest BCUT2D eigenvalue weighted by Gasteiger charge is 2.18. The third-order valence-corrected chi connectivity index (χ3v) is 4.36. The molecular formula is C17H20ClN3. The zero-order valence-corrected chi connectivity index (χ0v) is 13.0. The van der Waals surface area contributed by atoms with Crippen LogP contribution in [0.15, 0.2) is 36.5 Å². The van der Waals surface area contributed by atoms with Gasteiger partial charge in [-0.05, 0) is 49.8 Å². The summed E-state index contributed by atoms with van der Waals surface area (Å²) in [6, 6.07) is 10.2. The van der Waals surface area contributed by atoms with Crippen LogP contribution in [0.2, 0.25) is 5.02 Å². The molecule has 1 aromatic carbocycles. The van der Waals surface area contributed by atoms with Crippen LogP contribution in [0.3, 0.4) is 0 Å². The molecule has 3 rings (SSSR count). The number of hydrogen-bond donors (Lipinski definition) is 1. The van der Waals surface area contributed by atoms with Crippen LogP contribution in [0.5, 0.6) is 0 Å². The van der Waals surface area contributed by atoms with Gasteiger partial charge in [-0.25, -0.2) is 9.97 Å². The van der Waals surface area contributed by atoms with E-state index >= 15 is 0 Å². The number of nitrogens with one attached hydrogen (secondary N) is 1. The quantitative estimate of drug-likeness (QED) is 0.886. The van der Waals surface area contributed by atoms with Crippen LogP contribution in [0.25, 0.3) is 11.3 Å². The van der Waals surface area contributed by atoms with E-state index in [0.29, 0.717) is 12.0 Å². The molecule has 3 nitrogen and oxygen atoms in total. The molecule has 0 spiro atoms. The highest BCUT2D eigenvalue weighted by atomic mass is 35.5. The Morgan fingerprint density at radius 2 is 1.95 bits per heavy atom. The zero-order valence-electron chi connectivity index (χ0n) is 12.2. The molecule has 1 aromatic heterocycles. The number of aromatic nitrogens is 2. The van der Waals surface area contributed by atoms with E-state index < -0.39 is 0 Å². The van der Waals surface area contributed by atoms with E-state index in [9.17, 15) is 0 Å². The van der Waals surface area contributed by atoms with Gasteiger partial charge in [-0.2, -0.15) is 0 Å². The van der Waals surface area contributed by atoms with Gasteiger partial charge in [0.1, 0.15) is 0 Å². The summed E-state index contributed by atoms with van der Waals surface area (Å²) in [5, 5.41) is 4.19. The van der Waals surface area contributed by atoms with Crippen LogP contribution in [0.1, 0.15) is 32.6 Å². The first-order valence-electron chi connectivity index (χ1n) is 7.56. The minimum absolute atomic E-state index is 0.496. The minimum atomic E-state index is 0.496. The lowest BCUT2D eigenvalue weighted by Gasteiger charge is -2.26. The molecule has 4 heteroatoms. The summed E-state index contributed by atoms with van der Waals surface area (Å²) in [5.74, 6) is 1.56. The molecule has 2 aromatic rings. The molecule has 1 saturated carbocycles. The molecule has 1 aliphatic rings. The van der Waals surface area contributed by atoms with Gasteiger partial charge in [-0.3, -0.25) is 0 Å². The lowest BCUT2D eigenvalue weighted by molar-refractivity contribution is 0.360. The van der Waals surface area contributed by atoms with Crippen molar-refractivity contribution in [3.8, 4) is 11.3 Å². The maximum Gasteiger partial charge on any atom is 0.223 e. The third-order valence-electron chi connectivity index (χ3n) is 4.13. The second kappa shape index (κ2) is 6.44. The topological polar surface area (TPSA) is 37.8 Å². The number of halogens is 1. The van der Waals surface area contributed by atoms with Crippen molar-refractivity contribution < 1.29 is 0 Å². The molecule has 0 unspecified atom stereocenters. The van der Waals surface area contributed by atoms with E-state index in [1.165, 1.54) is 25.7 Å². The summed E-state index contributed by atoms with van der Waals surface area (Å²) in [6.07, 6.45) is 6.77. The maximum atomic E-state index is 6.04. The van der Waals surface area contributed by atoms with E-state index in [2.05, 4.69) is 22.2 Å². The van der Waals surface area contributed by atoms with Crippen molar-refractivity contribution in [2.75, 3.05) is 5.32 Å². The van der Waals surface area contributed by atoms with Gasteiger partial charge >= 0.3 is 0 Å². The van der Waals surface area contributed by atoms with E-state index in [4.69, 9.17) is 11.6 Å². The molecule has 0 saturated heterocycles. The molecular weight excluding hydrogens is 282 g/mol. The molecule has 0 amide bonds. The van der Waals surface area contributed by atoms with Crippen molar-refractivity contribution in [3.63, 3.8) is 0 Å². The van der Waals surface area contributed by atoms with Gasteiger partial charge in [-0.15, -0.1) is 0 Å². The van der Waals surface area contributed by atoms with Crippen LogP contribution >= 0.6 is 11.6 Å². The summed E-state index contributed by atoms with van der Waals surface area (Å²) in [7, 11) is 0. The smallest absolute Gasteiger partial charge is 0.223 e. The summed E-state index contributed by atoms with van der Waals surface area (Å²) in [6.45, 7) is 2.33. The SMILES string of the molecule is CC1CCC(Nc2nccc(-c3cccc(Cl)c3)n2)CC1. The van der Waals surface area contributed by atoms with Crippen LogP contribution in [0, 0.1) is 5.92 Å². The van der Waals surface area contributed by atoms with E-state index in [-0.39, 0.29) is 0 Å². The average Bonchev–Trinajstić information content (AvgIpc) is 2.50. The second-order valence-electron chi connectivity index (χ2n) is 5.88. The van der Waals surface area contributed by atoms with E-state index in [1.54, 1.807) is 6.20 Å². The van der Waals surface area contributed by atoms with Crippen molar-refractivity contribution in [1.82, 2.24) is 9.97 Å². The largest absolute Gasteiger partial charge is 0.351 e. The monoisotopic (exact) mass is 301 g/mol. The fourth-order valence-corrected chi connectivity index (χ4v) is 3.01. The van der Waals surface area contributed by atoms with Gasteiger partial charge in [0.25, 0.3) is 0 Å². The highest BCUT2D eigenvalue weighted by Crippen LogP contribution is 2.26. The Balaban J connectivity index is 1.74. The number of rotatable bonds is 3. The van der Waals surface area contributed by atoms with Crippen LogP contribution in [-0.4, -0.2) is 16.0 Å². The van der Waals surface area contributed by atoms with Crippen molar-refractivity contribution in [2.45, 2.75) is 38.6 Å². The third kappa shape index (κ3) is 3.73. The summed E-state index contributed by atoms with van der Waals surface area (Å²) >= 11 is 6.04. The van der Waals surface area contributed by atoms with Crippen molar-refractivity contribution in [3.05, 3.63) is 41.6 Å². The zero-order chi connectivity index (χ0) is 14.7. The molecule has 0 atom stereocenters. The van der Waals surface area contributed by atoms with Gasteiger partial charge in [0.15, 0.2) is 0 Å². The fourth-order valence-electron chi connectivity index (χ4n) is 2.82. The summed E-state index contributed by atoms with van der Waals surface area (Å²) < 4.78 is 0. The van der Waals surface area contributed by atoms with Crippen molar-refractivity contribution in [2.24, 2.45) is 5.92 Å². The summed E-state index contributed by atoms with van der Waals surface area (Å²) in [5.41, 5.74) is 1.92. The molecule has 1 aliphatic carbocycles. The van der Waals surface area contributed by atoms with E-state index in [1.807, 2.05) is 30.3 Å². The van der Waals surface area contributed by atoms with Crippen molar-refractivity contribution >= 4 is 17.5 Å². The Morgan fingerprint density at radius 3 is 2.71 bits per heavy atom. The molecule has 21 heavy (non-hydrogen) atoms. The maximum absolute atomic E-state index is 6.04. The predicted molar refractivity (Wildman–Crippen MR) is 87.5 cm³/mol. The van der Waals surface area contributed by atoms with Gasteiger partial charge < -0.3 is 5.32 Å². The normalized spacial score (nSPS) is 22.0. The van der Waals surface area contributed by atoms with Gasteiger partial charge in [0.2, 0.25) is 5.95 Å². The van der Waals surface area contributed by atoms with E-state index in [0.717, 1.165) is 22.2 Å². The highest BCUT2D eigenvalue weighted by molar-refractivity contribution is 6.30. The van der Waals surface area contributed by atoms with Gasteiger partial charge in [0, 0.05) is 22.8 Å². The number of anilines is 1. The fraction of sp³-hybridized carbons (Fsp3) is 0.412. The van der Waals surface area contributed by atoms with Crippen molar-refractivity contribution in [1.29, 1.82) is 0 Å². The second-order valence-corrected chi connectivity index (χ2v) is 6.31. The number of benzene rings is 1. The Morgan fingerprint density at radius 1 is 1.14 bits per heavy atom. The average molecular weight is 302 g/mol. The molecule has 1 fully saturated rings. The van der Waals surface area contributed by atoms with Crippen LogP contribution in [0.4, 0.5) is 5.95 Å². The Bertz CT molecular complexity index is 606. The Kier molecular flexibility index (Phi) is 4.39. The Hall–Kier alpha value is -1.61. The van der Waals surface area contributed by atoms with Gasteiger partial charge in [0.05, 0.1) is 5.69 Å². The Labute approximate surface area is 130 Å². The minimum Gasteiger partial charge on any atom is -0.351 e. The molecule has 0 radical (unpaired) electrons. The first-order chi connectivity index (χ1) is 10.2. The first kappa shape index (κ1) is 14.3. The lowest BCUT2D eigenvalue weighted by atomic mass is 9.87. The van der Waals surface area contributed by atoms with Crippen LogP contribution < -0.4 is 5.32 Å². The number of nitrogens with zero attached hydrogens (tertiary/aromatic N) is 2. The standard InChI is InChI=1S/C17H20ClN3/c1-12-5-7-15(8-6-12)20-17-19-10-9-16(21-17)13-3-2-4-14(18)11-13/h2-4,9-12,15H,5-8H2,1H3,(H,19,20,21). The predicted octanol–water partition coefficient (Wildman–Crippen LogP) is 4.79. The van der Waals surface area contributed by atoms with Gasteiger partial charge in [-0.1, -0.05) is 30.7 Å². The molecule has 0 aliphatic heterocycles. The number of hydrogen-bond acceptors (Lipinski definition) is 3.